The van der Waals surface area contributed by atoms with Gasteiger partial charge in [-0.3, -0.25) is 14.4 Å². The summed E-state index contributed by atoms with van der Waals surface area (Å²) in [5, 5.41) is 24.4. The van der Waals surface area contributed by atoms with Gasteiger partial charge in [-0.15, -0.1) is 0 Å². The summed E-state index contributed by atoms with van der Waals surface area (Å²) in [5.41, 5.74) is -0.275. The molecule has 3 atom stereocenters. The molecular weight excluding hydrogens is 428 g/mol. The Kier molecular flexibility index (Phi) is 7.45. The third-order valence-corrected chi connectivity index (χ3v) is 6.05. The van der Waals surface area contributed by atoms with E-state index in [1.807, 2.05) is 27.7 Å². The Bertz CT molecular complexity index is 908. The summed E-state index contributed by atoms with van der Waals surface area (Å²) in [7, 11) is 0. The first-order valence-electron chi connectivity index (χ1n) is 11.3. The summed E-state index contributed by atoms with van der Waals surface area (Å²) in [5.74, 6) is -0.789. The smallest absolute Gasteiger partial charge is 0.252 e. The second-order valence-electron chi connectivity index (χ2n) is 9.89. The highest BCUT2D eigenvalue weighted by Gasteiger charge is 2.54. The monoisotopic (exact) mass is 462 g/mol. The molecule has 9 heteroatoms. The number of carbonyl (C=O) groups excluding carboxylic acids is 3. The first-order chi connectivity index (χ1) is 15.5. The average Bonchev–Trinajstić information content (AvgIpc) is 3.56. The van der Waals surface area contributed by atoms with Crippen molar-refractivity contribution in [2.75, 3.05) is 19.8 Å². The summed E-state index contributed by atoms with van der Waals surface area (Å²) in [4.78, 5) is 38.4. The van der Waals surface area contributed by atoms with Crippen molar-refractivity contribution in [3.63, 3.8) is 0 Å². The number of aliphatic hydroxyl groups excluding tert-OH is 2. The van der Waals surface area contributed by atoms with Crippen LogP contribution in [-0.2, 0) is 20.7 Å². The number of epoxide rings is 1. The second-order valence-corrected chi connectivity index (χ2v) is 9.89. The molecule has 0 saturated carbocycles. The first kappa shape index (κ1) is 25.1. The Morgan fingerprint density at radius 2 is 1.82 bits per heavy atom. The molecule has 1 aromatic carbocycles. The summed E-state index contributed by atoms with van der Waals surface area (Å²) >= 11 is 0. The molecule has 1 fully saturated rings. The van der Waals surface area contributed by atoms with Crippen LogP contribution in [0, 0.1) is 5.92 Å². The van der Waals surface area contributed by atoms with Gasteiger partial charge in [-0.25, -0.2) is 0 Å². The molecule has 1 aromatic rings. The number of fused-ring (bicyclic) bond motifs is 1. The molecule has 3 rings (SSSR count). The maximum Gasteiger partial charge on any atom is 0.252 e. The number of hydrogen-bond acceptors (Lipinski definition) is 7. The van der Waals surface area contributed by atoms with Gasteiger partial charge < -0.3 is 30.3 Å². The van der Waals surface area contributed by atoms with E-state index in [9.17, 15) is 24.6 Å². The van der Waals surface area contributed by atoms with Crippen LogP contribution in [0.3, 0.4) is 0 Å². The van der Waals surface area contributed by atoms with Gasteiger partial charge in [-0.1, -0.05) is 13.8 Å². The Labute approximate surface area is 193 Å². The third kappa shape index (κ3) is 5.90. The van der Waals surface area contributed by atoms with Crippen molar-refractivity contribution < 1.29 is 34.1 Å². The van der Waals surface area contributed by atoms with Crippen molar-refractivity contribution in [1.82, 2.24) is 10.6 Å². The Hall–Kier alpha value is -2.49. The van der Waals surface area contributed by atoms with Crippen molar-refractivity contribution in [3.8, 4) is 5.75 Å². The molecule has 0 spiro atoms. The van der Waals surface area contributed by atoms with E-state index in [2.05, 4.69) is 10.6 Å². The van der Waals surface area contributed by atoms with E-state index in [-0.39, 0.29) is 18.1 Å². The van der Waals surface area contributed by atoms with E-state index >= 15 is 0 Å². The fourth-order valence-electron chi connectivity index (χ4n) is 3.93. The number of amides is 2. The van der Waals surface area contributed by atoms with Crippen LogP contribution in [0.2, 0.25) is 0 Å². The topological polar surface area (TPSA) is 137 Å². The Balaban J connectivity index is 1.67. The van der Waals surface area contributed by atoms with Crippen LogP contribution in [0.1, 0.15) is 56.5 Å². The summed E-state index contributed by atoms with van der Waals surface area (Å²) in [6, 6.07) is 2.94. The predicted molar refractivity (Wildman–Crippen MR) is 120 cm³/mol. The summed E-state index contributed by atoms with van der Waals surface area (Å²) in [6.45, 7) is 6.83. The normalized spacial score (nSPS) is 22.5. The van der Waals surface area contributed by atoms with Crippen LogP contribution < -0.4 is 15.4 Å². The van der Waals surface area contributed by atoms with Crippen molar-refractivity contribution in [1.29, 1.82) is 0 Å². The van der Waals surface area contributed by atoms with Crippen molar-refractivity contribution in [2.24, 2.45) is 5.92 Å². The molecule has 0 aliphatic carbocycles. The van der Waals surface area contributed by atoms with Crippen LogP contribution in [0.5, 0.6) is 5.75 Å². The van der Waals surface area contributed by atoms with Gasteiger partial charge in [0.15, 0.2) is 11.4 Å². The van der Waals surface area contributed by atoms with Crippen LogP contribution in [0.4, 0.5) is 0 Å². The van der Waals surface area contributed by atoms with Gasteiger partial charge in [0.1, 0.15) is 17.4 Å². The van der Waals surface area contributed by atoms with Gasteiger partial charge in [-0.2, -0.15) is 0 Å². The largest absolute Gasteiger partial charge is 0.488 e. The third-order valence-electron chi connectivity index (χ3n) is 6.05. The SMILES string of the molecule is CC(C)C[C@H](NC(=O)[C@H](CO)NC(=O)c1ccc2c(c1)CCC(C)(C)O2)C(=O)[C@@]1(CO)CO1. The highest BCUT2D eigenvalue weighted by Crippen LogP contribution is 2.33. The number of ketones is 1. The number of hydrogen-bond donors (Lipinski definition) is 4. The number of rotatable bonds is 10. The summed E-state index contributed by atoms with van der Waals surface area (Å²) in [6.07, 6.45) is 1.92. The number of Topliss-reactive ketones (excluding diaryl/α,β-unsaturated/α-hetero) is 1. The molecule has 1 saturated heterocycles. The van der Waals surface area contributed by atoms with Crippen molar-refractivity contribution in [3.05, 3.63) is 29.3 Å². The number of nitrogens with one attached hydrogen (secondary N) is 2. The minimum atomic E-state index is -1.27. The van der Waals surface area contributed by atoms with Crippen LogP contribution >= 0.6 is 0 Å². The maximum atomic E-state index is 12.8. The maximum absolute atomic E-state index is 12.8. The van der Waals surface area contributed by atoms with E-state index in [1.165, 1.54) is 0 Å². The molecule has 0 unspecified atom stereocenters. The minimum Gasteiger partial charge on any atom is -0.488 e. The van der Waals surface area contributed by atoms with Gasteiger partial charge in [0, 0.05) is 5.56 Å². The lowest BCUT2D eigenvalue weighted by Crippen LogP contribution is -2.55. The molecule has 2 amide bonds. The van der Waals surface area contributed by atoms with Crippen molar-refractivity contribution >= 4 is 17.6 Å². The quantitative estimate of drug-likeness (QED) is 0.376. The van der Waals surface area contributed by atoms with Crippen LogP contribution in [0.15, 0.2) is 18.2 Å². The molecule has 0 radical (unpaired) electrons. The van der Waals surface area contributed by atoms with Gasteiger partial charge in [0.05, 0.1) is 25.9 Å². The van der Waals surface area contributed by atoms with Gasteiger partial charge in [-0.05, 0) is 62.8 Å². The molecular formula is C24H34N2O7. The summed E-state index contributed by atoms with van der Waals surface area (Å²) < 4.78 is 11.1. The first-order valence-corrected chi connectivity index (χ1v) is 11.3. The fraction of sp³-hybridized carbons (Fsp3) is 0.625. The Morgan fingerprint density at radius 3 is 2.39 bits per heavy atom. The fourth-order valence-corrected chi connectivity index (χ4v) is 3.93. The van der Waals surface area contributed by atoms with E-state index in [0.717, 1.165) is 24.2 Å². The molecule has 0 aromatic heterocycles. The zero-order valence-corrected chi connectivity index (χ0v) is 19.6. The zero-order chi connectivity index (χ0) is 24.4. The molecule has 9 nitrogen and oxygen atoms in total. The predicted octanol–water partition coefficient (Wildman–Crippen LogP) is 0.742. The lowest BCUT2D eigenvalue weighted by atomic mass is 9.92. The number of aliphatic hydroxyl groups is 2. The lowest BCUT2D eigenvalue weighted by Gasteiger charge is -2.32. The molecule has 182 valence electrons. The minimum absolute atomic E-state index is 0.0820. The Morgan fingerprint density at radius 1 is 1.12 bits per heavy atom. The standard InChI is InChI=1S/C24H34N2O7/c1-14(2)9-17(20(29)24(12-28)13-32-24)25-22(31)18(11-27)26-21(30)16-5-6-19-15(10-16)7-8-23(3,4)33-19/h5-6,10,14,17-18,27-28H,7-9,11-13H2,1-4H3,(H,25,31)(H,26,30)/t17-,18-,24+/m0/s1. The van der Waals surface area contributed by atoms with Crippen LogP contribution in [0.25, 0.3) is 0 Å². The number of carbonyl (C=O) groups is 3. The van der Waals surface area contributed by atoms with E-state index < -0.39 is 48.5 Å². The van der Waals surface area contributed by atoms with Gasteiger partial charge >= 0.3 is 0 Å². The van der Waals surface area contributed by atoms with Gasteiger partial charge in [0.2, 0.25) is 5.91 Å². The number of benzene rings is 1. The second kappa shape index (κ2) is 9.79. The molecule has 0 bridgehead atoms. The highest BCUT2D eigenvalue weighted by molar-refractivity contribution is 6.00. The average molecular weight is 463 g/mol. The van der Waals surface area contributed by atoms with Crippen molar-refractivity contribution in [2.45, 2.75) is 70.2 Å². The number of aryl methyl sites for hydroxylation is 1. The molecule has 33 heavy (non-hydrogen) atoms. The highest BCUT2D eigenvalue weighted by atomic mass is 16.6. The van der Waals surface area contributed by atoms with E-state index in [4.69, 9.17) is 9.47 Å². The zero-order valence-electron chi connectivity index (χ0n) is 19.6. The van der Waals surface area contributed by atoms with Crippen LogP contribution in [-0.4, -0.2) is 70.9 Å². The van der Waals surface area contributed by atoms with E-state index in [1.54, 1.807) is 18.2 Å². The molecule has 2 aliphatic rings. The van der Waals surface area contributed by atoms with Gasteiger partial charge in [0.25, 0.3) is 5.91 Å². The number of ether oxygens (including phenoxy) is 2. The molecule has 2 heterocycles. The lowest BCUT2D eigenvalue weighted by molar-refractivity contribution is -0.133. The van der Waals surface area contributed by atoms with E-state index in [0.29, 0.717) is 12.0 Å². The molecule has 2 aliphatic heterocycles. The molecule has 4 N–H and O–H groups in total.